The van der Waals surface area contributed by atoms with Crippen LogP contribution in [0.1, 0.15) is 17.5 Å². The van der Waals surface area contributed by atoms with Crippen molar-refractivity contribution in [1.29, 1.82) is 0 Å². The van der Waals surface area contributed by atoms with Gasteiger partial charge in [0.2, 0.25) is 5.91 Å². The molecule has 4 nitrogen and oxygen atoms in total. The molecule has 1 amide bonds. The topological polar surface area (TPSA) is 38.8 Å². The normalized spacial score (nSPS) is 13.5. The maximum Gasteiger partial charge on any atom is 0.246 e. The first kappa shape index (κ1) is 19.9. The van der Waals surface area contributed by atoms with E-state index in [4.69, 9.17) is 44.3 Å². The zero-order chi connectivity index (χ0) is 19.4. The van der Waals surface area contributed by atoms with E-state index in [0.717, 1.165) is 17.5 Å². The van der Waals surface area contributed by atoms with E-state index in [2.05, 4.69) is 0 Å². The Kier molecular flexibility index (Phi) is 6.53. The molecule has 0 radical (unpaired) electrons. The fraction of sp³-hybridized carbons (Fsp3) is 0.250. The molecule has 2 aromatic rings. The van der Waals surface area contributed by atoms with Crippen molar-refractivity contribution in [3.8, 4) is 11.5 Å². The second kappa shape index (κ2) is 8.87. The van der Waals surface area contributed by atoms with Crippen molar-refractivity contribution >= 4 is 46.8 Å². The summed E-state index contributed by atoms with van der Waals surface area (Å²) in [5, 5.41) is 1.42. The molecule has 0 atom stereocenters. The number of halogens is 3. The molecule has 2 aromatic carbocycles. The summed E-state index contributed by atoms with van der Waals surface area (Å²) in [4.78, 5) is 14.0. The van der Waals surface area contributed by atoms with Crippen LogP contribution >= 0.6 is 34.8 Å². The molecule has 0 unspecified atom stereocenters. The summed E-state index contributed by atoms with van der Waals surface area (Å²) in [5.41, 5.74) is 1.66. The van der Waals surface area contributed by atoms with Gasteiger partial charge < -0.3 is 14.4 Å². The molecule has 0 N–H and O–H groups in total. The SMILES string of the molecule is CN(Cc1ccc(Cl)c(Cl)c1)C(=O)/C=C/c1cc(Cl)c2c(c1)OCCCO2. The number of likely N-dealkylation sites (N-methyl/N-ethyl adjacent to an activating group) is 1. The summed E-state index contributed by atoms with van der Waals surface area (Å²) in [5.74, 6) is 0.995. The Labute approximate surface area is 173 Å². The van der Waals surface area contributed by atoms with Crippen LogP contribution in [0.15, 0.2) is 36.4 Å². The van der Waals surface area contributed by atoms with E-state index < -0.39 is 0 Å². The lowest BCUT2D eigenvalue weighted by Crippen LogP contribution is -2.24. The third kappa shape index (κ3) is 5.10. The average molecular weight is 427 g/mol. The van der Waals surface area contributed by atoms with Crippen LogP contribution in [0.5, 0.6) is 11.5 Å². The number of benzene rings is 2. The van der Waals surface area contributed by atoms with E-state index in [1.165, 1.54) is 6.08 Å². The minimum absolute atomic E-state index is 0.149. The maximum absolute atomic E-state index is 12.4. The predicted molar refractivity (Wildman–Crippen MR) is 109 cm³/mol. The Morgan fingerprint density at radius 1 is 1.07 bits per heavy atom. The molecule has 0 saturated heterocycles. The predicted octanol–water partition coefficient (Wildman–Crippen LogP) is 5.48. The van der Waals surface area contributed by atoms with E-state index in [9.17, 15) is 4.79 Å². The van der Waals surface area contributed by atoms with E-state index in [-0.39, 0.29) is 5.91 Å². The molecule has 142 valence electrons. The standard InChI is InChI=1S/C20H18Cl3NO3/c1-24(12-14-3-5-15(21)16(22)10-14)19(25)6-4-13-9-17(23)20-18(11-13)26-7-2-8-27-20/h3-6,9-11H,2,7-8,12H2,1H3/b6-4+. The smallest absolute Gasteiger partial charge is 0.246 e. The van der Waals surface area contributed by atoms with Crippen molar-refractivity contribution in [2.75, 3.05) is 20.3 Å². The summed E-state index contributed by atoms with van der Waals surface area (Å²) >= 11 is 18.2. The number of hydrogen-bond donors (Lipinski definition) is 0. The fourth-order valence-corrected chi connectivity index (χ4v) is 3.23. The van der Waals surface area contributed by atoms with Crippen LogP contribution in [0.3, 0.4) is 0 Å². The third-order valence-electron chi connectivity index (χ3n) is 4.02. The van der Waals surface area contributed by atoms with Gasteiger partial charge in [0.15, 0.2) is 11.5 Å². The second-order valence-electron chi connectivity index (χ2n) is 6.16. The molecular weight excluding hydrogens is 409 g/mol. The number of hydrogen-bond acceptors (Lipinski definition) is 3. The van der Waals surface area contributed by atoms with E-state index in [1.807, 2.05) is 12.1 Å². The van der Waals surface area contributed by atoms with Gasteiger partial charge in [0.05, 0.1) is 28.3 Å². The Hall–Kier alpha value is -1.88. The molecule has 1 heterocycles. The van der Waals surface area contributed by atoms with Gasteiger partial charge in [-0.2, -0.15) is 0 Å². The zero-order valence-corrected chi connectivity index (χ0v) is 16.9. The minimum Gasteiger partial charge on any atom is -0.489 e. The van der Waals surface area contributed by atoms with Crippen LogP contribution in [-0.2, 0) is 11.3 Å². The highest BCUT2D eigenvalue weighted by Gasteiger charge is 2.15. The van der Waals surface area contributed by atoms with Crippen LogP contribution in [0.2, 0.25) is 15.1 Å². The molecule has 27 heavy (non-hydrogen) atoms. The van der Waals surface area contributed by atoms with Gasteiger partial charge >= 0.3 is 0 Å². The zero-order valence-electron chi connectivity index (χ0n) is 14.7. The third-order valence-corrected chi connectivity index (χ3v) is 5.04. The van der Waals surface area contributed by atoms with Crippen LogP contribution < -0.4 is 9.47 Å². The first-order chi connectivity index (χ1) is 12.9. The average Bonchev–Trinajstić information content (AvgIpc) is 2.88. The van der Waals surface area contributed by atoms with E-state index >= 15 is 0 Å². The van der Waals surface area contributed by atoms with Crippen LogP contribution in [-0.4, -0.2) is 31.1 Å². The lowest BCUT2D eigenvalue weighted by Gasteiger charge is -2.15. The molecule has 0 aromatic heterocycles. The number of carbonyl (C=O) groups excluding carboxylic acids is 1. The molecule has 1 aliphatic rings. The highest BCUT2D eigenvalue weighted by atomic mass is 35.5. The van der Waals surface area contributed by atoms with E-state index in [0.29, 0.717) is 46.3 Å². The lowest BCUT2D eigenvalue weighted by atomic mass is 10.1. The number of amides is 1. The van der Waals surface area contributed by atoms with Gasteiger partial charge in [0.1, 0.15) is 0 Å². The number of rotatable bonds is 4. The number of ether oxygens (including phenoxy) is 2. The summed E-state index contributed by atoms with van der Waals surface area (Å²) in [6.45, 7) is 1.56. The Morgan fingerprint density at radius 2 is 1.85 bits per heavy atom. The summed E-state index contributed by atoms with van der Waals surface area (Å²) in [7, 11) is 1.72. The summed E-state index contributed by atoms with van der Waals surface area (Å²) in [6, 6.07) is 8.87. The molecule has 0 bridgehead atoms. The lowest BCUT2D eigenvalue weighted by molar-refractivity contribution is -0.125. The number of fused-ring (bicyclic) bond motifs is 1. The van der Waals surface area contributed by atoms with Crippen molar-refractivity contribution in [2.24, 2.45) is 0 Å². The molecule has 1 aliphatic heterocycles. The highest BCUT2D eigenvalue weighted by molar-refractivity contribution is 6.42. The van der Waals surface area contributed by atoms with Gasteiger partial charge in [-0.25, -0.2) is 0 Å². The largest absolute Gasteiger partial charge is 0.489 e. The Morgan fingerprint density at radius 3 is 2.63 bits per heavy atom. The highest BCUT2D eigenvalue weighted by Crippen LogP contribution is 2.38. The van der Waals surface area contributed by atoms with Gasteiger partial charge in [-0.15, -0.1) is 0 Å². The Bertz CT molecular complexity index is 883. The van der Waals surface area contributed by atoms with Crippen LogP contribution in [0, 0.1) is 0 Å². The van der Waals surface area contributed by atoms with Crippen molar-refractivity contribution in [1.82, 2.24) is 4.90 Å². The van der Waals surface area contributed by atoms with Crippen molar-refractivity contribution < 1.29 is 14.3 Å². The minimum atomic E-state index is -0.149. The van der Waals surface area contributed by atoms with Crippen molar-refractivity contribution in [3.05, 3.63) is 62.6 Å². The quantitative estimate of drug-likeness (QED) is 0.608. The molecule has 3 rings (SSSR count). The van der Waals surface area contributed by atoms with Gasteiger partial charge in [0, 0.05) is 26.1 Å². The number of nitrogens with zero attached hydrogens (tertiary/aromatic N) is 1. The van der Waals surface area contributed by atoms with Crippen LogP contribution in [0.4, 0.5) is 0 Å². The molecular formula is C20H18Cl3NO3. The first-order valence-corrected chi connectivity index (χ1v) is 9.53. The van der Waals surface area contributed by atoms with Gasteiger partial charge in [-0.1, -0.05) is 40.9 Å². The monoisotopic (exact) mass is 425 g/mol. The van der Waals surface area contributed by atoms with Gasteiger partial charge in [0.25, 0.3) is 0 Å². The molecule has 0 saturated carbocycles. The fourth-order valence-electron chi connectivity index (χ4n) is 2.63. The van der Waals surface area contributed by atoms with E-state index in [1.54, 1.807) is 36.2 Å². The maximum atomic E-state index is 12.4. The van der Waals surface area contributed by atoms with Crippen molar-refractivity contribution in [3.63, 3.8) is 0 Å². The molecule has 0 spiro atoms. The Balaban J connectivity index is 1.69. The number of carbonyl (C=O) groups is 1. The second-order valence-corrected chi connectivity index (χ2v) is 7.38. The molecule has 7 heteroatoms. The van der Waals surface area contributed by atoms with Gasteiger partial charge in [-0.05, 0) is 41.5 Å². The molecule has 0 fully saturated rings. The van der Waals surface area contributed by atoms with Gasteiger partial charge in [-0.3, -0.25) is 4.79 Å². The first-order valence-electron chi connectivity index (χ1n) is 8.40. The van der Waals surface area contributed by atoms with Crippen LogP contribution in [0.25, 0.3) is 6.08 Å². The molecule has 0 aliphatic carbocycles. The summed E-state index contributed by atoms with van der Waals surface area (Å²) < 4.78 is 11.3. The van der Waals surface area contributed by atoms with Crippen molar-refractivity contribution in [2.45, 2.75) is 13.0 Å². The summed E-state index contributed by atoms with van der Waals surface area (Å²) in [6.07, 6.45) is 4.00.